The summed E-state index contributed by atoms with van der Waals surface area (Å²) < 4.78 is 1.70. The van der Waals surface area contributed by atoms with Gasteiger partial charge in [0.25, 0.3) is 0 Å². The van der Waals surface area contributed by atoms with Crippen molar-refractivity contribution in [2.45, 2.75) is 0 Å². The van der Waals surface area contributed by atoms with Crippen molar-refractivity contribution in [1.82, 2.24) is 19.7 Å². The number of nitrogens with zero attached hydrogens (tertiary/aromatic N) is 4. The van der Waals surface area contributed by atoms with Crippen molar-refractivity contribution < 1.29 is 0 Å². The van der Waals surface area contributed by atoms with E-state index < -0.39 is 0 Å². The summed E-state index contributed by atoms with van der Waals surface area (Å²) in [6.45, 7) is 0. The van der Waals surface area contributed by atoms with E-state index in [4.69, 9.17) is 0 Å². The monoisotopic (exact) mass is 160 g/mol. The second kappa shape index (κ2) is 2.73. The van der Waals surface area contributed by atoms with Crippen molar-refractivity contribution in [2.24, 2.45) is 7.05 Å². The maximum absolute atomic E-state index is 4.16. The first-order valence-electron chi connectivity index (χ1n) is 3.63. The van der Waals surface area contributed by atoms with E-state index in [0.29, 0.717) is 0 Å². The van der Waals surface area contributed by atoms with Gasteiger partial charge in [-0.1, -0.05) is 6.07 Å². The SMILES string of the molecule is Cn1ncnc1-c1ccccn1. The summed E-state index contributed by atoms with van der Waals surface area (Å²) >= 11 is 0. The normalized spacial score (nSPS) is 10.1. The van der Waals surface area contributed by atoms with E-state index in [1.165, 1.54) is 6.33 Å². The molecular weight excluding hydrogens is 152 g/mol. The lowest BCUT2D eigenvalue weighted by Crippen LogP contribution is -1.95. The molecule has 0 saturated heterocycles. The zero-order valence-electron chi connectivity index (χ0n) is 6.68. The van der Waals surface area contributed by atoms with Gasteiger partial charge in [0.05, 0.1) is 0 Å². The van der Waals surface area contributed by atoms with Gasteiger partial charge in [0.1, 0.15) is 12.0 Å². The number of aryl methyl sites for hydroxylation is 1. The van der Waals surface area contributed by atoms with E-state index in [2.05, 4.69) is 15.1 Å². The molecule has 0 unspecified atom stereocenters. The van der Waals surface area contributed by atoms with Crippen LogP contribution in [0.5, 0.6) is 0 Å². The molecule has 2 heterocycles. The summed E-state index contributed by atoms with van der Waals surface area (Å²) in [5.74, 6) is 0.788. The average molecular weight is 160 g/mol. The lowest BCUT2D eigenvalue weighted by molar-refractivity contribution is 0.772. The topological polar surface area (TPSA) is 43.6 Å². The highest BCUT2D eigenvalue weighted by molar-refractivity contribution is 5.47. The maximum Gasteiger partial charge on any atom is 0.176 e. The van der Waals surface area contributed by atoms with Gasteiger partial charge in [-0.3, -0.25) is 4.98 Å². The summed E-state index contributed by atoms with van der Waals surface area (Å²) in [5, 5.41) is 3.96. The summed E-state index contributed by atoms with van der Waals surface area (Å²) in [6, 6.07) is 5.71. The number of aromatic nitrogens is 4. The van der Waals surface area contributed by atoms with Gasteiger partial charge in [-0.25, -0.2) is 9.67 Å². The lowest BCUT2D eigenvalue weighted by Gasteiger charge is -1.96. The third-order valence-electron chi connectivity index (χ3n) is 1.61. The molecule has 0 spiro atoms. The smallest absolute Gasteiger partial charge is 0.176 e. The van der Waals surface area contributed by atoms with Gasteiger partial charge in [-0.05, 0) is 12.1 Å². The first-order valence-corrected chi connectivity index (χ1v) is 3.63. The van der Waals surface area contributed by atoms with Crippen molar-refractivity contribution >= 4 is 0 Å². The molecule has 0 saturated carbocycles. The van der Waals surface area contributed by atoms with Gasteiger partial charge >= 0.3 is 0 Å². The van der Waals surface area contributed by atoms with Crippen LogP contribution >= 0.6 is 0 Å². The Balaban J connectivity index is 2.51. The van der Waals surface area contributed by atoms with Crippen LogP contribution in [0, 0.1) is 0 Å². The highest BCUT2D eigenvalue weighted by Gasteiger charge is 2.02. The van der Waals surface area contributed by atoms with Gasteiger partial charge in [0.15, 0.2) is 5.82 Å². The Bertz CT molecular complexity index is 366. The number of hydrogen-bond donors (Lipinski definition) is 0. The molecule has 0 fully saturated rings. The standard InChI is InChI=1S/C8H8N4/c1-12-8(10-6-11-12)7-4-2-3-5-9-7/h2-6H,1H3. The maximum atomic E-state index is 4.16. The zero-order chi connectivity index (χ0) is 8.39. The first kappa shape index (κ1) is 6.97. The molecule has 0 amide bonds. The van der Waals surface area contributed by atoms with Gasteiger partial charge in [0, 0.05) is 13.2 Å². The summed E-state index contributed by atoms with van der Waals surface area (Å²) in [7, 11) is 1.84. The Morgan fingerprint density at radius 2 is 2.17 bits per heavy atom. The van der Waals surface area contributed by atoms with Crippen LogP contribution in [-0.2, 0) is 7.05 Å². The van der Waals surface area contributed by atoms with Crippen molar-refractivity contribution in [2.75, 3.05) is 0 Å². The van der Waals surface area contributed by atoms with Crippen molar-refractivity contribution in [3.8, 4) is 11.5 Å². The molecule has 0 aromatic carbocycles. The third kappa shape index (κ3) is 1.07. The number of rotatable bonds is 1. The van der Waals surface area contributed by atoms with E-state index in [1.54, 1.807) is 10.9 Å². The fourth-order valence-electron chi connectivity index (χ4n) is 1.02. The second-order valence-electron chi connectivity index (χ2n) is 2.42. The predicted molar refractivity (Wildman–Crippen MR) is 44.2 cm³/mol. The van der Waals surface area contributed by atoms with Crippen LogP contribution in [0.4, 0.5) is 0 Å². The molecule has 4 nitrogen and oxygen atoms in total. The molecule has 2 rings (SSSR count). The van der Waals surface area contributed by atoms with Crippen LogP contribution in [0.15, 0.2) is 30.7 Å². The zero-order valence-corrected chi connectivity index (χ0v) is 6.68. The first-order chi connectivity index (χ1) is 5.88. The van der Waals surface area contributed by atoms with Crippen LogP contribution in [0.3, 0.4) is 0 Å². The Kier molecular flexibility index (Phi) is 1.59. The second-order valence-corrected chi connectivity index (χ2v) is 2.42. The van der Waals surface area contributed by atoms with Crippen molar-refractivity contribution in [1.29, 1.82) is 0 Å². The fourth-order valence-corrected chi connectivity index (χ4v) is 1.02. The van der Waals surface area contributed by atoms with Crippen molar-refractivity contribution in [3.05, 3.63) is 30.7 Å². The minimum Gasteiger partial charge on any atom is -0.253 e. The Labute approximate surface area is 69.9 Å². The number of pyridine rings is 1. The molecular formula is C8H8N4. The Morgan fingerprint density at radius 1 is 1.25 bits per heavy atom. The molecule has 12 heavy (non-hydrogen) atoms. The summed E-state index contributed by atoms with van der Waals surface area (Å²) in [4.78, 5) is 8.23. The molecule has 2 aromatic heterocycles. The van der Waals surface area contributed by atoms with Crippen LogP contribution < -0.4 is 0 Å². The van der Waals surface area contributed by atoms with E-state index in [9.17, 15) is 0 Å². The van der Waals surface area contributed by atoms with E-state index >= 15 is 0 Å². The van der Waals surface area contributed by atoms with Crippen LogP contribution in [0.25, 0.3) is 11.5 Å². The quantitative estimate of drug-likeness (QED) is 0.622. The lowest BCUT2D eigenvalue weighted by atomic mass is 10.3. The van der Waals surface area contributed by atoms with E-state index in [0.717, 1.165) is 11.5 Å². The molecule has 2 aromatic rings. The Morgan fingerprint density at radius 3 is 2.75 bits per heavy atom. The molecule has 0 aliphatic heterocycles. The molecule has 60 valence electrons. The third-order valence-corrected chi connectivity index (χ3v) is 1.61. The van der Waals surface area contributed by atoms with Gasteiger partial charge < -0.3 is 0 Å². The molecule has 0 atom stereocenters. The summed E-state index contributed by atoms with van der Waals surface area (Å²) in [5.41, 5.74) is 0.845. The largest absolute Gasteiger partial charge is 0.253 e. The highest BCUT2D eigenvalue weighted by atomic mass is 15.3. The minimum absolute atomic E-state index is 0.788. The molecule has 0 N–H and O–H groups in total. The molecule has 4 heteroatoms. The van der Waals surface area contributed by atoms with Crippen LogP contribution in [0.1, 0.15) is 0 Å². The molecule has 0 aliphatic carbocycles. The van der Waals surface area contributed by atoms with Gasteiger partial charge in [-0.2, -0.15) is 5.10 Å². The van der Waals surface area contributed by atoms with Crippen LogP contribution in [-0.4, -0.2) is 19.7 Å². The molecule has 0 aliphatic rings. The van der Waals surface area contributed by atoms with E-state index in [-0.39, 0.29) is 0 Å². The predicted octanol–water partition coefficient (Wildman–Crippen LogP) is 0.877. The average Bonchev–Trinajstić information content (AvgIpc) is 2.53. The van der Waals surface area contributed by atoms with Crippen LogP contribution in [0.2, 0.25) is 0 Å². The van der Waals surface area contributed by atoms with Crippen molar-refractivity contribution in [3.63, 3.8) is 0 Å². The molecule has 0 bridgehead atoms. The number of hydrogen-bond acceptors (Lipinski definition) is 3. The summed E-state index contributed by atoms with van der Waals surface area (Å²) in [6.07, 6.45) is 3.26. The Hall–Kier alpha value is -1.71. The minimum atomic E-state index is 0.788. The van der Waals surface area contributed by atoms with Gasteiger partial charge in [0.2, 0.25) is 0 Å². The molecule has 0 radical (unpaired) electrons. The highest BCUT2D eigenvalue weighted by Crippen LogP contribution is 2.09. The van der Waals surface area contributed by atoms with E-state index in [1.807, 2.05) is 25.2 Å². The van der Waals surface area contributed by atoms with Gasteiger partial charge in [-0.15, -0.1) is 0 Å². The fraction of sp³-hybridized carbons (Fsp3) is 0.125.